The van der Waals surface area contributed by atoms with E-state index in [1.165, 1.54) is 0 Å². The van der Waals surface area contributed by atoms with Crippen LogP contribution < -0.4 is 4.90 Å². The van der Waals surface area contributed by atoms with Gasteiger partial charge in [0.15, 0.2) is 5.82 Å². The van der Waals surface area contributed by atoms with Crippen LogP contribution >= 0.6 is 0 Å². The maximum Gasteiger partial charge on any atom is 0.271 e. The molecule has 1 aromatic heterocycles. The Morgan fingerprint density at radius 3 is 2.80 bits per heavy atom. The first-order chi connectivity index (χ1) is 12.1. The number of aromatic nitrogens is 1. The zero-order valence-electron chi connectivity index (χ0n) is 13.3. The first kappa shape index (κ1) is 13.8. The zero-order chi connectivity index (χ0) is 17.1. The number of nitro benzene ring substituents is 1. The molecule has 0 amide bonds. The van der Waals surface area contributed by atoms with Crippen molar-refractivity contribution in [3.63, 3.8) is 0 Å². The van der Waals surface area contributed by atoms with Crippen molar-refractivity contribution in [1.29, 1.82) is 0 Å². The molecule has 0 spiro atoms. The lowest BCUT2D eigenvalue weighted by atomic mass is 10.1. The first-order valence-electron chi connectivity index (χ1n) is 7.81. The fourth-order valence-electron chi connectivity index (χ4n) is 3.42. The van der Waals surface area contributed by atoms with Crippen molar-refractivity contribution in [2.45, 2.75) is 0 Å². The van der Waals surface area contributed by atoms with Crippen molar-refractivity contribution >= 4 is 34.8 Å². The largest absolute Gasteiger partial charge is 0.312 e. The molecule has 0 N–H and O–H groups in total. The van der Waals surface area contributed by atoms with Gasteiger partial charge in [0.2, 0.25) is 0 Å². The summed E-state index contributed by atoms with van der Waals surface area (Å²) in [7, 11) is 1.88. The molecule has 5 rings (SSSR count). The number of nitrogens with zero attached hydrogens (tertiary/aromatic N) is 5. The molecular weight excluding hydrogens is 318 g/mol. The third-order valence-corrected chi connectivity index (χ3v) is 4.64. The number of nitro groups is 1. The molecule has 3 aromatic rings. The fourth-order valence-corrected chi connectivity index (χ4v) is 3.42. The number of anilines is 1. The highest BCUT2D eigenvalue weighted by molar-refractivity contribution is 5.99. The fraction of sp³-hybridized carbons (Fsp3) is 0.0556. The van der Waals surface area contributed by atoms with Crippen molar-refractivity contribution in [2.75, 3.05) is 11.9 Å². The van der Waals surface area contributed by atoms with Crippen LogP contribution in [0.4, 0.5) is 11.4 Å². The Kier molecular flexibility index (Phi) is 2.59. The van der Waals surface area contributed by atoms with E-state index >= 15 is 0 Å². The number of rotatable bonds is 1. The molecule has 2 aliphatic rings. The Bertz CT molecular complexity index is 1110. The molecule has 0 unspecified atom stereocenters. The summed E-state index contributed by atoms with van der Waals surface area (Å²) in [5.41, 5.74) is 3.95. The molecule has 7 nitrogen and oxygen atoms in total. The predicted octanol–water partition coefficient (Wildman–Crippen LogP) is 3.68. The molecule has 0 saturated carbocycles. The number of para-hydroxylation sites is 1. The van der Waals surface area contributed by atoms with E-state index in [0.29, 0.717) is 0 Å². The van der Waals surface area contributed by atoms with E-state index in [-0.39, 0.29) is 10.6 Å². The smallest absolute Gasteiger partial charge is 0.271 e. The van der Waals surface area contributed by atoms with E-state index in [2.05, 4.69) is 17.2 Å². The predicted molar refractivity (Wildman–Crippen MR) is 97.0 cm³/mol. The van der Waals surface area contributed by atoms with Gasteiger partial charge >= 0.3 is 0 Å². The van der Waals surface area contributed by atoms with Gasteiger partial charge in [-0.2, -0.15) is 5.10 Å². The van der Waals surface area contributed by atoms with Crippen LogP contribution in [0.25, 0.3) is 28.4 Å². The van der Waals surface area contributed by atoms with Gasteiger partial charge < -0.3 is 4.57 Å². The molecule has 0 radical (unpaired) electrons. The van der Waals surface area contributed by atoms with Gasteiger partial charge in [0, 0.05) is 30.1 Å². The molecule has 122 valence electrons. The third-order valence-electron chi connectivity index (χ3n) is 4.64. The number of non-ortho nitro benzene ring substituents is 1. The molecule has 2 aliphatic heterocycles. The van der Waals surface area contributed by atoms with Crippen molar-refractivity contribution in [3.8, 4) is 11.3 Å². The normalized spacial score (nSPS) is 14.8. The van der Waals surface area contributed by atoms with Crippen LogP contribution in [-0.4, -0.2) is 27.9 Å². The summed E-state index contributed by atoms with van der Waals surface area (Å²) in [6.45, 7) is 0. The van der Waals surface area contributed by atoms with Crippen molar-refractivity contribution in [3.05, 3.63) is 64.5 Å². The minimum absolute atomic E-state index is 0.0808. The quantitative estimate of drug-likeness (QED) is 0.504. The average Bonchev–Trinajstić information content (AvgIpc) is 3.12. The Balaban J connectivity index is 1.88. The van der Waals surface area contributed by atoms with Gasteiger partial charge in [-0.25, -0.2) is 5.01 Å². The van der Waals surface area contributed by atoms with Crippen LogP contribution in [0.2, 0.25) is 0 Å². The standard InChI is InChI=1S/C18H13N5O2/c1-20-18-10-21-16-9-13(23(24)25)7-6-12(16)8-17(21)14-4-2-3-5-15(14)22(18)11-19-20/h2-11H,1H3. The summed E-state index contributed by atoms with van der Waals surface area (Å²) in [5, 5.41) is 18.3. The van der Waals surface area contributed by atoms with Crippen LogP contribution in [0.5, 0.6) is 0 Å². The summed E-state index contributed by atoms with van der Waals surface area (Å²) in [5.74, 6) is 0.884. The number of hydrazone groups is 1. The summed E-state index contributed by atoms with van der Waals surface area (Å²) >= 11 is 0. The molecule has 0 atom stereocenters. The number of fused-ring (bicyclic) bond motifs is 7. The van der Waals surface area contributed by atoms with Crippen LogP contribution in [0, 0.1) is 10.1 Å². The monoisotopic (exact) mass is 331 g/mol. The maximum absolute atomic E-state index is 11.2. The Morgan fingerprint density at radius 1 is 1.12 bits per heavy atom. The Morgan fingerprint density at radius 2 is 1.96 bits per heavy atom. The van der Waals surface area contributed by atoms with E-state index in [0.717, 1.165) is 33.7 Å². The highest BCUT2D eigenvalue weighted by atomic mass is 16.6. The molecule has 7 heteroatoms. The average molecular weight is 331 g/mol. The Labute approximate surface area is 142 Å². The molecular formula is C18H13N5O2. The van der Waals surface area contributed by atoms with E-state index in [1.807, 2.05) is 40.9 Å². The van der Waals surface area contributed by atoms with Crippen LogP contribution in [-0.2, 0) is 0 Å². The summed E-state index contributed by atoms with van der Waals surface area (Å²) < 4.78 is 2.00. The second-order valence-corrected chi connectivity index (χ2v) is 6.03. The van der Waals surface area contributed by atoms with Gasteiger partial charge in [0.05, 0.1) is 28.0 Å². The summed E-state index contributed by atoms with van der Waals surface area (Å²) in [6.07, 6.45) is 3.75. The van der Waals surface area contributed by atoms with Gasteiger partial charge in [-0.15, -0.1) is 0 Å². The van der Waals surface area contributed by atoms with Gasteiger partial charge in [-0.3, -0.25) is 15.0 Å². The molecule has 3 heterocycles. The molecule has 0 bridgehead atoms. The highest BCUT2D eigenvalue weighted by Gasteiger charge is 2.27. The van der Waals surface area contributed by atoms with Crippen molar-refractivity contribution in [2.24, 2.45) is 5.10 Å². The summed E-state index contributed by atoms with van der Waals surface area (Å²) in [4.78, 5) is 12.8. The van der Waals surface area contributed by atoms with Gasteiger partial charge in [0.25, 0.3) is 5.69 Å². The number of benzene rings is 2. The second kappa shape index (κ2) is 4.70. The SMILES string of the molecule is CN1N=CN2C1=Cn1c(cc3ccc([N+](=O)[O-])cc31)-c1ccccc12. The molecule has 0 aliphatic carbocycles. The van der Waals surface area contributed by atoms with Gasteiger partial charge in [0.1, 0.15) is 6.34 Å². The van der Waals surface area contributed by atoms with Crippen LogP contribution in [0.15, 0.2) is 59.5 Å². The maximum atomic E-state index is 11.2. The first-order valence-corrected chi connectivity index (χ1v) is 7.81. The number of hydrogen-bond acceptors (Lipinski definition) is 5. The van der Waals surface area contributed by atoms with Crippen LogP contribution in [0.3, 0.4) is 0 Å². The lowest BCUT2D eigenvalue weighted by molar-refractivity contribution is -0.384. The van der Waals surface area contributed by atoms with E-state index < -0.39 is 0 Å². The third kappa shape index (κ3) is 1.83. The molecule has 2 aromatic carbocycles. The highest BCUT2D eigenvalue weighted by Crippen LogP contribution is 2.41. The number of hydrogen-bond donors (Lipinski definition) is 0. The lowest BCUT2D eigenvalue weighted by Crippen LogP contribution is -2.21. The topological polar surface area (TPSA) is 66.9 Å². The molecule has 25 heavy (non-hydrogen) atoms. The molecule has 0 saturated heterocycles. The minimum atomic E-state index is -0.367. The van der Waals surface area contributed by atoms with Gasteiger partial charge in [-0.05, 0) is 18.2 Å². The van der Waals surface area contributed by atoms with E-state index in [9.17, 15) is 10.1 Å². The molecule has 0 fully saturated rings. The zero-order valence-corrected chi connectivity index (χ0v) is 13.3. The van der Waals surface area contributed by atoms with E-state index in [4.69, 9.17) is 0 Å². The second-order valence-electron chi connectivity index (χ2n) is 6.03. The van der Waals surface area contributed by atoms with Gasteiger partial charge in [-0.1, -0.05) is 18.2 Å². The summed E-state index contributed by atoms with van der Waals surface area (Å²) in [6, 6.07) is 15.1. The Hall–Kier alpha value is -3.61. The van der Waals surface area contributed by atoms with Crippen molar-refractivity contribution < 1.29 is 4.92 Å². The minimum Gasteiger partial charge on any atom is -0.312 e. The lowest BCUT2D eigenvalue weighted by Gasteiger charge is -2.19. The van der Waals surface area contributed by atoms with E-state index in [1.54, 1.807) is 29.5 Å². The van der Waals surface area contributed by atoms with Crippen LogP contribution in [0.1, 0.15) is 0 Å². The van der Waals surface area contributed by atoms with Crippen molar-refractivity contribution in [1.82, 2.24) is 9.58 Å².